The molecule has 0 aromatic heterocycles. The van der Waals surface area contributed by atoms with Gasteiger partial charge in [0.15, 0.2) is 5.17 Å². The minimum absolute atomic E-state index is 0.107. The van der Waals surface area contributed by atoms with E-state index in [-0.39, 0.29) is 11.5 Å². The Hall–Kier alpha value is -2.13. The van der Waals surface area contributed by atoms with Gasteiger partial charge in [-0.1, -0.05) is 12.1 Å². The molecule has 7 heteroatoms. The number of halogens is 1. The third-order valence-electron chi connectivity index (χ3n) is 3.51. The van der Waals surface area contributed by atoms with Gasteiger partial charge in [0.1, 0.15) is 0 Å². The van der Waals surface area contributed by atoms with Gasteiger partial charge in [-0.3, -0.25) is 9.69 Å². The average molecular weight is 464 g/mol. The molecule has 1 aliphatic rings. The number of thioether (sulfide) groups is 1. The summed E-state index contributed by atoms with van der Waals surface area (Å²) in [4.78, 5) is 29.8. The van der Waals surface area contributed by atoms with Crippen LogP contribution < -0.4 is 0 Å². The topological polar surface area (TPSA) is 70.0 Å². The molecule has 2 aromatic rings. The Morgan fingerprint density at radius 1 is 1.16 bits per heavy atom. The van der Waals surface area contributed by atoms with E-state index in [0.29, 0.717) is 15.8 Å². The Kier molecular flexibility index (Phi) is 5.24. The summed E-state index contributed by atoms with van der Waals surface area (Å²) < 4.78 is 1.13. The maximum atomic E-state index is 12.4. The maximum absolute atomic E-state index is 12.4. The SMILES string of the molecule is CN1C(=O)/C(=C/c2ccc(I)cc2)SC1=Nc1ccc(C(=O)O)cc1. The summed E-state index contributed by atoms with van der Waals surface area (Å²) in [6.07, 6.45) is 1.84. The van der Waals surface area contributed by atoms with E-state index in [0.717, 1.165) is 9.13 Å². The van der Waals surface area contributed by atoms with E-state index in [2.05, 4.69) is 27.6 Å². The van der Waals surface area contributed by atoms with Crippen molar-refractivity contribution in [3.63, 3.8) is 0 Å². The molecule has 1 heterocycles. The molecule has 0 atom stereocenters. The normalized spacial score (nSPS) is 17.5. The number of amidine groups is 1. The number of rotatable bonds is 3. The quantitative estimate of drug-likeness (QED) is 0.546. The van der Waals surface area contributed by atoms with Crippen LogP contribution in [0.5, 0.6) is 0 Å². The number of carboxylic acids is 1. The molecule has 126 valence electrons. The number of carboxylic acid groups (broad SMARTS) is 1. The Morgan fingerprint density at radius 2 is 1.80 bits per heavy atom. The molecule has 1 amide bonds. The average Bonchev–Trinajstić information content (AvgIpc) is 2.85. The van der Waals surface area contributed by atoms with E-state index in [1.807, 2.05) is 30.3 Å². The molecule has 1 saturated heterocycles. The predicted octanol–water partition coefficient (Wildman–Crippen LogP) is 4.22. The van der Waals surface area contributed by atoms with Crippen molar-refractivity contribution in [1.29, 1.82) is 0 Å². The second-order valence-electron chi connectivity index (χ2n) is 5.27. The summed E-state index contributed by atoms with van der Waals surface area (Å²) in [7, 11) is 1.68. The Balaban J connectivity index is 1.85. The van der Waals surface area contributed by atoms with Crippen LogP contribution in [0.2, 0.25) is 0 Å². The van der Waals surface area contributed by atoms with Gasteiger partial charge in [0.05, 0.1) is 16.2 Å². The van der Waals surface area contributed by atoms with Crippen LogP contribution in [0.4, 0.5) is 5.69 Å². The van der Waals surface area contributed by atoms with E-state index < -0.39 is 5.97 Å². The summed E-state index contributed by atoms with van der Waals surface area (Å²) >= 11 is 3.53. The van der Waals surface area contributed by atoms with Crippen LogP contribution in [-0.4, -0.2) is 34.1 Å². The fourth-order valence-electron chi connectivity index (χ4n) is 2.15. The molecule has 2 aromatic carbocycles. The van der Waals surface area contributed by atoms with Gasteiger partial charge in [0.25, 0.3) is 5.91 Å². The van der Waals surface area contributed by atoms with Gasteiger partial charge in [-0.2, -0.15) is 0 Å². The van der Waals surface area contributed by atoms with E-state index in [9.17, 15) is 9.59 Å². The number of carbonyl (C=O) groups is 2. The molecule has 0 spiro atoms. The highest BCUT2D eigenvalue weighted by molar-refractivity contribution is 14.1. The number of benzene rings is 2. The molecular weight excluding hydrogens is 451 g/mol. The van der Waals surface area contributed by atoms with Crippen LogP contribution >= 0.6 is 34.4 Å². The van der Waals surface area contributed by atoms with Crippen molar-refractivity contribution in [2.24, 2.45) is 4.99 Å². The summed E-state index contributed by atoms with van der Waals surface area (Å²) in [6, 6.07) is 14.1. The lowest BCUT2D eigenvalue weighted by Crippen LogP contribution is -2.23. The zero-order chi connectivity index (χ0) is 18.0. The van der Waals surface area contributed by atoms with Crippen molar-refractivity contribution < 1.29 is 14.7 Å². The fraction of sp³-hybridized carbons (Fsp3) is 0.0556. The number of hydrogen-bond donors (Lipinski definition) is 1. The third kappa shape index (κ3) is 4.10. The standard InChI is InChI=1S/C18H13IN2O3S/c1-21-16(22)15(10-11-2-6-13(19)7-3-11)25-18(21)20-14-8-4-12(5-9-14)17(23)24/h2-10H,1H3,(H,23,24)/b15-10-,20-18?. The van der Waals surface area contributed by atoms with Gasteiger partial charge in [0.2, 0.25) is 0 Å². The number of aliphatic imine (C=N–C) groups is 1. The lowest BCUT2D eigenvalue weighted by Gasteiger charge is -2.07. The summed E-state index contributed by atoms with van der Waals surface area (Å²) in [6.45, 7) is 0. The molecular formula is C18H13IN2O3S. The van der Waals surface area contributed by atoms with Gasteiger partial charge < -0.3 is 5.11 Å². The first-order valence-corrected chi connectivity index (χ1v) is 9.19. The highest BCUT2D eigenvalue weighted by Crippen LogP contribution is 2.33. The first-order valence-electron chi connectivity index (χ1n) is 7.29. The number of hydrogen-bond acceptors (Lipinski definition) is 4. The summed E-state index contributed by atoms with van der Waals surface area (Å²) in [5.74, 6) is -1.09. The molecule has 3 rings (SSSR count). The van der Waals surface area contributed by atoms with Crippen LogP contribution in [0, 0.1) is 3.57 Å². The van der Waals surface area contributed by atoms with E-state index >= 15 is 0 Å². The van der Waals surface area contributed by atoms with Crippen molar-refractivity contribution in [2.45, 2.75) is 0 Å². The van der Waals surface area contributed by atoms with Crippen molar-refractivity contribution in [1.82, 2.24) is 4.90 Å². The van der Waals surface area contributed by atoms with E-state index in [1.54, 1.807) is 19.2 Å². The Labute approximate surface area is 162 Å². The minimum atomic E-state index is -0.982. The molecule has 0 radical (unpaired) electrons. The van der Waals surface area contributed by atoms with Gasteiger partial charge in [-0.15, -0.1) is 0 Å². The molecule has 0 unspecified atom stereocenters. The number of amides is 1. The van der Waals surface area contributed by atoms with Crippen LogP contribution in [0.1, 0.15) is 15.9 Å². The number of nitrogens with zero attached hydrogens (tertiary/aromatic N) is 2. The first kappa shape index (κ1) is 17.7. The Morgan fingerprint density at radius 3 is 2.40 bits per heavy atom. The van der Waals surface area contributed by atoms with Gasteiger partial charge in [0, 0.05) is 10.6 Å². The lowest BCUT2D eigenvalue weighted by atomic mass is 10.2. The molecule has 1 aliphatic heterocycles. The fourth-order valence-corrected chi connectivity index (χ4v) is 3.50. The molecule has 0 saturated carbocycles. The first-order chi connectivity index (χ1) is 11.9. The highest BCUT2D eigenvalue weighted by Gasteiger charge is 2.30. The van der Waals surface area contributed by atoms with Gasteiger partial charge in [-0.25, -0.2) is 9.79 Å². The van der Waals surface area contributed by atoms with Crippen LogP contribution in [0.3, 0.4) is 0 Å². The number of likely N-dealkylation sites (N-methyl/N-ethyl adjacent to an activating group) is 1. The molecule has 5 nitrogen and oxygen atoms in total. The second kappa shape index (κ2) is 7.40. The van der Waals surface area contributed by atoms with E-state index in [1.165, 1.54) is 28.8 Å². The highest BCUT2D eigenvalue weighted by atomic mass is 127. The lowest BCUT2D eigenvalue weighted by molar-refractivity contribution is -0.121. The van der Waals surface area contributed by atoms with Crippen LogP contribution in [0.15, 0.2) is 58.4 Å². The van der Waals surface area contributed by atoms with Gasteiger partial charge in [-0.05, 0) is 82.4 Å². The molecule has 25 heavy (non-hydrogen) atoms. The molecule has 0 aliphatic carbocycles. The van der Waals surface area contributed by atoms with Crippen molar-refractivity contribution in [2.75, 3.05) is 7.05 Å². The predicted molar refractivity (Wildman–Crippen MR) is 108 cm³/mol. The smallest absolute Gasteiger partial charge is 0.335 e. The second-order valence-corrected chi connectivity index (χ2v) is 7.53. The van der Waals surface area contributed by atoms with Crippen LogP contribution in [-0.2, 0) is 4.79 Å². The zero-order valence-corrected chi connectivity index (χ0v) is 16.1. The van der Waals surface area contributed by atoms with Gasteiger partial charge >= 0.3 is 5.97 Å². The van der Waals surface area contributed by atoms with Crippen molar-refractivity contribution in [3.8, 4) is 0 Å². The number of carbonyl (C=O) groups excluding carboxylic acids is 1. The largest absolute Gasteiger partial charge is 0.478 e. The molecule has 1 N–H and O–H groups in total. The monoisotopic (exact) mass is 464 g/mol. The van der Waals surface area contributed by atoms with Crippen LogP contribution in [0.25, 0.3) is 6.08 Å². The third-order valence-corrected chi connectivity index (χ3v) is 5.29. The van der Waals surface area contributed by atoms with Crippen molar-refractivity contribution in [3.05, 3.63) is 68.1 Å². The summed E-state index contributed by atoms with van der Waals surface area (Å²) in [5.41, 5.74) is 1.76. The summed E-state index contributed by atoms with van der Waals surface area (Å²) in [5, 5.41) is 9.49. The van der Waals surface area contributed by atoms with E-state index in [4.69, 9.17) is 5.11 Å². The maximum Gasteiger partial charge on any atom is 0.335 e. The molecule has 1 fully saturated rings. The number of aromatic carboxylic acids is 1. The zero-order valence-electron chi connectivity index (χ0n) is 13.1. The Bertz CT molecular complexity index is 890. The molecule has 0 bridgehead atoms. The van der Waals surface area contributed by atoms with Crippen molar-refractivity contribution >= 4 is 63.2 Å². The minimum Gasteiger partial charge on any atom is -0.478 e.